The number of aliphatic hydroxyl groups excluding tert-OH is 1. The molecule has 1 saturated carbocycles. The van der Waals surface area contributed by atoms with Gasteiger partial charge in [0.25, 0.3) is 0 Å². The first-order chi connectivity index (χ1) is 6.18. The minimum atomic E-state index is -0.807. The molecule has 0 amide bonds. The summed E-state index contributed by atoms with van der Waals surface area (Å²) in [5.41, 5.74) is 0.394. The largest absolute Gasteiger partial charge is 0.393 e. The van der Waals surface area contributed by atoms with Crippen molar-refractivity contribution in [2.45, 2.75) is 24.9 Å². The quantitative estimate of drug-likeness (QED) is 0.709. The topological polar surface area (TPSA) is 20.2 Å². The van der Waals surface area contributed by atoms with Gasteiger partial charge in [-0.3, -0.25) is 0 Å². The molecule has 1 aromatic carbocycles. The van der Waals surface area contributed by atoms with E-state index in [9.17, 15) is 8.78 Å². The van der Waals surface area contributed by atoms with Crippen molar-refractivity contribution >= 4 is 0 Å². The van der Waals surface area contributed by atoms with Crippen molar-refractivity contribution in [3.63, 3.8) is 0 Å². The van der Waals surface area contributed by atoms with Crippen molar-refractivity contribution in [2.75, 3.05) is 0 Å². The van der Waals surface area contributed by atoms with E-state index in [1.165, 1.54) is 6.07 Å². The minimum absolute atomic E-state index is 0.00861. The van der Waals surface area contributed by atoms with Crippen LogP contribution in [0.2, 0.25) is 0 Å². The molecule has 1 nitrogen and oxygen atoms in total. The van der Waals surface area contributed by atoms with Crippen molar-refractivity contribution in [3.05, 3.63) is 35.4 Å². The molecule has 0 aromatic heterocycles. The maximum absolute atomic E-state index is 13.1. The van der Waals surface area contributed by atoms with Crippen LogP contribution in [0.25, 0.3) is 0 Å². The third-order valence-electron chi connectivity index (χ3n) is 2.53. The molecule has 0 atom stereocenters. The Morgan fingerprint density at radius 2 is 1.92 bits per heavy atom. The number of rotatable bonds is 1. The first kappa shape index (κ1) is 8.63. The Kier molecular flexibility index (Phi) is 2.04. The lowest BCUT2D eigenvalue weighted by Crippen LogP contribution is -2.27. The molecule has 2 rings (SSSR count). The summed E-state index contributed by atoms with van der Waals surface area (Å²) in [7, 11) is 0. The molecule has 1 fully saturated rings. The van der Waals surface area contributed by atoms with Crippen molar-refractivity contribution in [3.8, 4) is 0 Å². The predicted molar refractivity (Wildman–Crippen MR) is 44.3 cm³/mol. The third kappa shape index (κ3) is 1.44. The normalized spacial score (nSPS) is 27.0. The van der Waals surface area contributed by atoms with Gasteiger partial charge in [0.1, 0.15) is 0 Å². The van der Waals surface area contributed by atoms with Crippen LogP contribution in [0.1, 0.15) is 24.3 Å². The van der Waals surface area contributed by atoms with E-state index in [1.54, 1.807) is 6.07 Å². The molecule has 0 saturated heterocycles. The molecule has 0 aliphatic heterocycles. The van der Waals surface area contributed by atoms with Crippen LogP contribution < -0.4 is 0 Å². The maximum Gasteiger partial charge on any atom is 0.162 e. The highest BCUT2D eigenvalue weighted by atomic mass is 19.2. The number of aliphatic hydroxyl groups is 1. The van der Waals surface area contributed by atoms with Crippen LogP contribution in [0.15, 0.2) is 18.2 Å². The van der Waals surface area contributed by atoms with E-state index in [2.05, 4.69) is 0 Å². The van der Waals surface area contributed by atoms with Gasteiger partial charge in [-0.25, -0.2) is 8.78 Å². The van der Waals surface area contributed by atoms with Gasteiger partial charge in [-0.2, -0.15) is 0 Å². The summed E-state index contributed by atoms with van der Waals surface area (Å²) in [6.45, 7) is 0. The summed E-state index contributed by atoms with van der Waals surface area (Å²) in [5.74, 6) is -1.58. The van der Waals surface area contributed by atoms with E-state index in [-0.39, 0.29) is 12.0 Å². The molecular formula is C10H10F2O. The molecule has 1 aliphatic rings. The highest BCUT2D eigenvalue weighted by Gasteiger charge is 2.30. The molecule has 1 aromatic rings. The number of hydrogen-bond acceptors (Lipinski definition) is 1. The van der Waals surface area contributed by atoms with Gasteiger partial charge in [-0.05, 0) is 30.4 Å². The Balaban J connectivity index is 2.26. The highest BCUT2D eigenvalue weighted by Crippen LogP contribution is 2.38. The molecular weight excluding hydrogens is 174 g/mol. The molecule has 0 bridgehead atoms. The SMILES string of the molecule is OC1CC(c2cccc(F)c2F)C1. The fourth-order valence-electron chi connectivity index (χ4n) is 1.68. The van der Waals surface area contributed by atoms with Crippen LogP contribution in [-0.2, 0) is 0 Å². The van der Waals surface area contributed by atoms with Crippen LogP contribution >= 0.6 is 0 Å². The zero-order chi connectivity index (χ0) is 9.42. The molecule has 70 valence electrons. The Bertz CT molecular complexity index is 319. The van der Waals surface area contributed by atoms with Gasteiger partial charge in [0, 0.05) is 0 Å². The number of halogens is 2. The Labute approximate surface area is 75.0 Å². The smallest absolute Gasteiger partial charge is 0.162 e. The molecule has 1 N–H and O–H groups in total. The van der Waals surface area contributed by atoms with E-state index >= 15 is 0 Å². The predicted octanol–water partition coefficient (Wildman–Crippen LogP) is 2.20. The van der Waals surface area contributed by atoms with Crippen molar-refractivity contribution in [2.24, 2.45) is 0 Å². The summed E-state index contributed by atoms with van der Waals surface area (Å²) < 4.78 is 25.9. The lowest BCUT2D eigenvalue weighted by Gasteiger charge is -2.31. The monoisotopic (exact) mass is 184 g/mol. The standard InChI is InChI=1S/C10H10F2O/c11-9-3-1-2-8(10(9)12)6-4-7(13)5-6/h1-3,6-7,13H,4-5H2. The van der Waals surface area contributed by atoms with Crippen LogP contribution in [-0.4, -0.2) is 11.2 Å². The third-order valence-corrected chi connectivity index (χ3v) is 2.53. The summed E-state index contributed by atoms with van der Waals surface area (Å²) in [5, 5.41) is 9.02. The van der Waals surface area contributed by atoms with Gasteiger partial charge in [0.15, 0.2) is 11.6 Å². The van der Waals surface area contributed by atoms with Gasteiger partial charge in [-0.15, -0.1) is 0 Å². The van der Waals surface area contributed by atoms with Crippen LogP contribution in [0, 0.1) is 11.6 Å². The van der Waals surface area contributed by atoms with Crippen LogP contribution in [0.3, 0.4) is 0 Å². The van der Waals surface area contributed by atoms with Gasteiger partial charge in [-0.1, -0.05) is 12.1 Å². The zero-order valence-corrected chi connectivity index (χ0v) is 7.00. The first-order valence-electron chi connectivity index (χ1n) is 4.30. The van der Waals surface area contributed by atoms with E-state index in [1.807, 2.05) is 0 Å². The number of benzene rings is 1. The molecule has 0 unspecified atom stereocenters. The fourth-order valence-corrected chi connectivity index (χ4v) is 1.68. The Morgan fingerprint density at radius 1 is 1.23 bits per heavy atom. The second-order valence-corrected chi connectivity index (χ2v) is 3.47. The summed E-state index contributed by atoms with van der Waals surface area (Å²) in [4.78, 5) is 0. The van der Waals surface area contributed by atoms with Crippen LogP contribution in [0.4, 0.5) is 8.78 Å². The summed E-state index contributed by atoms with van der Waals surface area (Å²) in [6.07, 6.45) is 0.744. The maximum atomic E-state index is 13.1. The van der Waals surface area contributed by atoms with Crippen molar-refractivity contribution < 1.29 is 13.9 Å². The van der Waals surface area contributed by atoms with Gasteiger partial charge < -0.3 is 5.11 Å². The van der Waals surface area contributed by atoms with E-state index in [0.717, 1.165) is 6.07 Å². The summed E-state index contributed by atoms with van der Waals surface area (Å²) >= 11 is 0. The summed E-state index contributed by atoms with van der Waals surface area (Å²) in [6, 6.07) is 4.18. The molecule has 0 spiro atoms. The molecule has 0 radical (unpaired) electrons. The van der Waals surface area contributed by atoms with Gasteiger partial charge in [0.2, 0.25) is 0 Å². The van der Waals surface area contributed by atoms with E-state index < -0.39 is 11.6 Å². The fraction of sp³-hybridized carbons (Fsp3) is 0.400. The van der Waals surface area contributed by atoms with E-state index in [4.69, 9.17) is 5.11 Å². The lowest BCUT2D eigenvalue weighted by molar-refractivity contribution is 0.0732. The second-order valence-electron chi connectivity index (χ2n) is 3.47. The average Bonchev–Trinajstić information content (AvgIpc) is 2.05. The Hall–Kier alpha value is -0.960. The average molecular weight is 184 g/mol. The molecule has 3 heteroatoms. The zero-order valence-electron chi connectivity index (χ0n) is 7.00. The Morgan fingerprint density at radius 3 is 2.54 bits per heavy atom. The first-order valence-corrected chi connectivity index (χ1v) is 4.30. The molecule has 0 heterocycles. The van der Waals surface area contributed by atoms with Crippen LogP contribution in [0.5, 0.6) is 0 Å². The lowest BCUT2D eigenvalue weighted by atomic mass is 9.77. The molecule has 1 aliphatic carbocycles. The van der Waals surface area contributed by atoms with Gasteiger partial charge >= 0.3 is 0 Å². The molecule has 13 heavy (non-hydrogen) atoms. The van der Waals surface area contributed by atoms with Crippen molar-refractivity contribution in [1.29, 1.82) is 0 Å². The van der Waals surface area contributed by atoms with Crippen molar-refractivity contribution in [1.82, 2.24) is 0 Å². The second kappa shape index (κ2) is 3.07. The minimum Gasteiger partial charge on any atom is -0.393 e. The van der Waals surface area contributed by atoms with Gasteiger partial charge in [0.05, 0.1) is 6.10 Å². The highest BCUT2D eigenvalue weighted by molar-refractivity contribution is 5.25. The number of hydrogen-bond donors (Lipinski definition) is 1. The van der Waals surface area contributed by atoms with E-state index in [0.29, 0.717) is 18.4 Å².